The Kier molecular flexibility index (Phi) is 7.97. The highest BCUT2D eigenvalue weighted by Gasteiger charge is 2.49. The van der Waals surface area contributed by atoms with Gasteiger partial charge >= 0.3 is 0 Å². The number of rotatable bonds is 7. The Hall–Kier alpha value is -3.35. The molecule has 2 amide bonds. The van der Waals surface area contributed by atoms with Crippen molar-refractivity contribution in [1.82, 2.24) is 21.2 Å². The maximum Gasteiger partial charge on any atom is 0.272 e. The van der Waals surface area contributed by atoms with Crippen LogP contribution >= 0.6 is 11.8 Å². The summed E-state index contributed by atoms with van der Waals surface area (Å²) >= 11 is 1.06. The molecule has 2 aromatic carbocycles. The van der Waals surface area contributed by atoms with Gasteiger partial charge in [0.2, 0.25) is 11.9 Å². The molecule has 9 nitrogen and oxygen atoms in total. The number of nitrogens with one attached hydrogen (secondary N) is 4. The summed E-state index contributed by atoms with van der Waals surface area (Å²) in [5.74, 6) is -2.77. The third kappa shape index (κ3) is 5.58. The van der Waals surface area contributed by atoms with Crippen LogP contribution in [0.4, 0.5) is 8.78 Å². The summed E-state index contributed by atoms with van der Waals surface area (Å²) in [4.78, 5) is 22.9. The summed E-state index contributed by atoms with van der Waals surface area (Å²) in [5, 5.41) is 25.5. The number of carbonyl (C=O) groups excluding carboxylic acids is 2. The van der Waals surface area contributed by atoms with E-state index in [4.69, 9.17) is 5.41 Å². The van der Waals surface area contributed by atoms with Gasteiger partial charge in [0.15, 0.2) is 0 Å². The second-order valence-corrected chi connectivity index (χ2v) is 8.73. The molecule has 3 rings (SSSR count). The molecule has 0 aliphatic carbocycles. The van der Waals surface area contributed by atoms with E-state index in [1.165, 1.54) is 13.8 Å². The van der Waals surface area contributed by atoms with Gasteiger partial charge in [-0.3, -0.25) is 25.7 Å². The van der Waals surface area contributed by atoms with Crippen LogP contribution in [0.15, 0.2) is 53.6 Å². The van der Waals surface area contributed by atoms with E-state index in [-0.39, 0.29) is 29.5 Å². The predicted molar refractivity (Wildman–Crippen MR) is 124 cm³/mol. The molecule has 1 aliphatic rings. The van der Waals surface area contributed by atoms with Crippen molar-refractivity contribution in [1.29, 1.82) is 5.41 Å². The highest BCUT2D eigenvalue weighted by Crippen LogP contribution is 2.50. The number of thioether (sulfide) groups is 1. The largest absolute Gasteiger partial charge is 0.383 e. The Morgan fingerprint density at radius 2 is 1.94 bits per heavy atom. The molecule has 2 atom stereocenters. The maximum atomic E-state index is 14.6. The zero-order valence-corrected chi connectivity index (χ0v) is 19.2. The molecule has 0 spiro atoms. The molecule has 5 N–H and O–H groups in total. The highest BCUT2D eigenvalue weighted by molar-refractivity contribution is 8.15. The van der Waals surface area contributed by atoms with Gasteiger partial charge in [0.25, 0.3) is 5.91 Å². The molecular weight excluding hydrogens is 466 g/mol. The fourth-order valence-electron chi connectivity index (χ4n) is 3.34. The van der Waals surface area contributed by atoms with Crippen molar-refractivity contribution in [2.75, 3.05) is 6.54 Å². The molecule has 0 saturated heterocycles. The number of hydrazine groups is 1. The minimum Gasteiger partial charge on any atom is -0.383 e. The molecule has 1 aliphatic heterocycles. The fourth-order valence-corrected chi connectivity index (χ4v) is 4.72. The first-order valence-electron chi connectivity index (χ1n) is 10.3. The lowest BCUT2D eigenvalue weighted by atomic mass is 10.0. The highest BCUT2D eigenvalue weighted by atomic mass is 32.2. The van der Waals surface area contributed by atoms with Gasteiger partial charge in [-0.2, -0.15) is 5.10 Å². The summed E-state index contributed by atoms with van der Waals surface area (Å²) in [7, 11) is 0. The zero-order chi connectivity index (χ0) is 24.9. The summed E-state index contributed by atoms with van der Waals surface area (Å²) in [6.45, 7) is 2.73. The van der Waals surface area contributed by atoms with Gasteiger partial charge in [-0.1, -0.05) is 42.1 Å². The van der Waals surface area contributed by atoms with Crippen molar-refractivity contribution in [3.8, 4) is 0 Å². The van der Waals surface area contributed by atoms with Crippen LogP contribution in [0.2, 0.25) is 0 Å². The number of hydrazone groups is 1. The lowest BCUT2D eigenvalue weighted by Crippen LogP contribution is -2.50. The molecule has 1 heterocycles. The van der Waals surface area contributed by atoms with Crippen LogP contribution < -0.4 is 16.2 Å². The van der Waals surface area contributed by atoms with Gasteiger partial charge in [0, 0.05) is 25.5 Å². The molecule has 12 heteroatoms. The summed E-state index contributed by atoms with van der Waals surface area (Å²) in [6, 6.07) is 11.8. The second-order valence-electron chi connectivity index (χ2n) is 7.47. The van der Waals surface area contributed by atoms with Crippen LogP contribution in [0.1, 0.15) is 31.4 Å². The standard InChI is InChI=1S/C22H24F2N6O3S/c1-13(31)20(33)30-22(15-6-4-3-5-7-15,10-11-26-28-21(25)27-14(2)32)34-19(29-30)17-12-16(23)8-9-18(17)24/h3-9,12-13,26,31H,10-11H2,1-2H3,(H3,25,27,28,32)/t13-,22?/m0/s1. The average Bonchev–Trinajstić information content (AvgIpc) is 3.18. The van der Waals surface area contributed by atoms with E-state index < -0.39 is 34.4 Å². The molecule has 0 saturated carbocycles. The van der Waals surface area contributed by atoms with E-state index in [2.05, 4.69) is 21.3 Å². The summed E-state index contributed by atoms with van der Waals surface area (Å²) < 4.78 is 28.5. The van der Waals surface area contributed by atoms with E-state index >= 15 is 0 Å². The van der Waals surface area contributed by atoms with Crippen LogP contribution in [0.5, 0.6) is 0 Å². The SMILES string of the molecule is CC(=O)NC(=N)NNCCC1(c2ccccc2)SC(c2cc(F)ccc2F)=NN1C(=O)[C@H](C)O. The van der Waals surface area contributed by atoms with E-state index in [1.54, 1.807) is 30.3 Å². The topological polar surface area (TPSA) is 130 Å². The quantitative estimate of drug-likeness (QED) is 0.175. The number of hydrogen-bond acceptors (Lipinski definition) is 7. The molecule has 0 radical (unpaired) electrons. The molecule has 0 bridgehead atoms. The van der Waals surface area contributed by atoms with Crippen molar-refractivity contribution >= 4 is 34.6 Å². The van der Waals surface area contributed by atoms with Crippen LogP contribution in [0.25, 0.3) is 0 Å². The van der Waals surface area contributed by atoms with Crippen molar-refractivity contribution < 1.29 is 23.5 Å². The van der Waals surface area contributed by atoms with Crippen LogP contribution in [-0.2, 0) is 14.5 Å². The molecule has 0 fully saturated rings. The molecule has 0 aromatic heterocycles. The Balaban J connectivity index is 1.97. The van der Waals surface area contributed by atoms with Gasteiger partial charge in [0.05, 0.1) is 0 Å². The van der Waals surface area contributed by atoms with Gasteiger partial charge < -0.3 is 5.11 Å². The number of amides is 2. The van der Waals surface area contributed by atoms with Gasteiger partial charge in [-0.15, -0.1) is 0 Å². The second kappa shape index (κ2) is 10.7. The van der Waals surface area contributed by atoms with Crippen molar-refractivity contribution in [3.05, 3.63) is 71.3 Å². The van der Waals surface area contributed by atoms with E-state index in [1.807, 2.05) is 0 Å². The van der Waals surface area contributed by atoms with Crippen molar-refractivity contribution in [2.45, 2.75) is 31.2 Å². The average molecular weight is 491 g/mol. The maximum absolute atomic E-state index is 14.6. The minimum absolute atomic E-state index is 0.0776. The molecule has 180 valence electrons. The van der Waals surface area contributed by atoms with Crippen LogP contribution in [0, 0.1) is 17.0 Å². The number of benzene rings is 2. The lowest BCUT2D eigenvalue weighted by molar-refractivity contribution is -0.143. The predicted octanol–water partition coefficient (Wildman–Crippen LogP) is 1.99. The van der Waals surface area contributed by atoms with Gasteiger partial charge in [-0.25, -0.2) is 19.2 Å². The lowest BCUT2D eigenvalue weighted by Gasteiger charge is -2.36. The monoisotopic (exact) mass is 490 g/mol. The number of aliphatic hydroxyl groups is 1. The molecule has 34 heavy (non-hydrogen) atoms. The van der Waals surface area contributed by atoms with Crippen molar-refractivity contribution in [2.24, 2.45) is 5.10 Å². The zero-order valence-electron chi connectivity index (χ0n) is 18.4. The van der Waals surface area contributed by atoms with E-state index in [0.29, 0.717) is 5.56 Å². The minimum atomic E-state index is -1.40. The Morgan fingerprint density at radius 1 is 1.24 bits per heavy atom. The smallest absolute Gasteiger partial charge is 0.272 e. The first-order valence-corrected chi connectivity index (χ1v) is 11.1. The number of aliphatic hydroxyl groups excluding tert-OH is 1. The molecular formula is C22H24F2N6O3S. The number of guanidine groups is 1. The number of halogens is 2. The number of nitrogens with zero attached hydrogens (tertiary/aromatic N) is 2. The Labute approximate surface area is 199 Å². The number of hydrogen-bond donors (Lipinski definition) is 5. The normalized spacial score (nSPS) is 18.3. The first-order chi connectivity index (χ1) is 16.1. The first kappa shape index (κ1) is 25.3. The van der Waals surface area contributed by atoms with Crippen LogP contribution in [-0.4, -0.2) is 45.6 Å². The van der Waals surface area contributed by atoms with E-state index in [0.717, 1.165) is 35.0 Å². The third-order valence-electron chi connectivity index (χ3n) is 4.85. The van der Waals surface area contributed by atoms with E-state index in [9.17, 15) is 23.5 Å². The summed E-state index contributed by atoms with van der Waals surface area (Å²) in [6.07, 6.45) is -1.21. The van der Waals surface area contributed by atoms with Crippen molar-refractivity contribution in [3.63, 3.8) is 0 Å². The van der Waals surface area contributed by atoms with Gasteiger partial charge in [-0.05, 0) is 30.7 Å². The van der Waals surface area contributed by atoms with Crippen LogP contribution in [0.3, 0.4) is 0 Å². The summed E-state index contributed by atoms with van der Waals surface area (Å²) in [5.41, 5.74) is 5.85. The molecule has 1 unspecified atom stereocenters. The Bertz CT molecular complexity index is 1120. The fraction of sp³-hybridized carbons (Fsp3) is 0.273. The molecule has 2 aromatic rings. The van der Waals surface area contributed by atoms with Gasteiger partial charge in [0.1, 0.15) is 27.7 Å². The Morgan fingerprint density at radius 3 is 2.59 bits per heavy atom. The number of carbonyl (C=O) groups is 2. The third-order valence-corrected chi connectivity index (χ3v) is 6.30.